The van der Waals surface area contributed by atoms with Crippen LogP contribution in [0, 0.1) is 11.8 Å². The van der Waals surface area contributed by atoms with E-state index in [1.165, 1.54) is 31.5 Å². The van der Waals surface area contributed by atoms with Gasteiger partial charge in [0, 0.05) is 51.6 Å². The molecular weight excluding hydrogens is 501 g/mol. The van der Waals surface area contributed by atoms with Gasteiger partial charge in [0.1, 0.15) is 0 Å². The zero-order valence-corrected chi connectivity index (χ0v) is 21.7. The van der Waals surface area contributed by atoms with E-state index in [9.17, 15) is 4.79 Å². The number of nitrogens with zero attached hydrogens (tertiary/aromatic N) is 3. The van der Waals surface area contributed by atoms with Crippen molar-refractivity contribution in [2.24, 2.45) is 16.8 Å². The first-order valence-electron chi connectivity index (χ1n) is 11.6. The van der Waals surface area contributed by atoms with Crippen LogP contribution in [0.3, 0.4) is 0 Å². The van der Waals surface area contributed by atoms with Crippen LogP contribution >= 0.6 is 24.0 Å². The normalized spacial score (nSPS) is 20.8. The number of amides is 1. The molecule has 0 bridgehead atoms. The molecule has 2 fully saturated rings. The number of nitrogens with one attached hydrogen (secondary N) is 2. The Morgan fingerprint density at radius 3 is 2.52 bits per heavy atom. The van der Waals surface area contributed by atoms with Gasteiger partial charge < -0.3 is 15.5 Å². The van der Waals surface area contributed by atoms with Crippen LogP contribution in [-0.4, -0.2) is 74.0 Å². The van der Waals surface area contributed by atoms with Gasteiger partial charge in [-0.3, -0.25) is 14.7 Å². The zero-order valence-electron chi connectivity index (χ0n) is 19.3. The molecule has 0 spiro atoms. The summed E-state index contributed by atoms with van der Waals surface area (Å²) in [4.78, 5) is 21.4. The van der Waals surface area contributed by atoms with E-state index < -0.39 is 0 Å². The quantitative estimate of drug-likeness (QED) is 0.287. The maximum Gasteiger partial charge on any atom is 0.223 e. The molecular formula is C24H40IN5O. The number of hydrogen-bond acceptors (Lipinski definition) is 3. The lowest BCUT2D eigenvalue weighted by atomic mass is 10.0. The fraction of sp³-hybridized carbons (Fsp3) is 0.667. The molecule has 7 heteroatoms. The Bertz CT molecular complexity index is 690. The van der Waals surface area contributed by atoms with Crippen molar-refractivity contribution >= 4 is 35.8 Å². The van der Waals surface area contributed by atoms with Crippen LogP contribution in [0.25, 0.3) is 0 Å². The molecule has 2 aliphatic heterocycles. The average molecular weight is 542 g/mol. The maximum absolute atomic E-state index is 12.4. The van der Waals surface area contributed by atoms with Gasteiger partial charge in [-0.05, 0) is 43.8 Å². The summed E-state index contributed by atoms with van der Waals surface area (Å²) >= 11 is 0. The van der Waals surface area contributed by atoms with Crippen LogP contribution in [0.5, 0.6) is 0 Å². The molecule has 1 aromatic rings. The standard InChI is InChI=1S/C24H39N5O.HI/c1-19(2)22(28-12-7-8-13-28)17-27-24(25-3)26-16-21-15-23(30)29(18-21)14-11-20-9-5-4-6-10-20;/h4-6,9-10,19,21-22H,7-8,11-18H2,1-3H3,(H2,25,26,27);1H. The summed E-state index contributed by atoms with van der Waals surface area (Å²) in [6, 6.07) is 10.9. The first kappa shape index (κ1) is 25.9. The zero-order chi connectivity index (χ0) is 21.3. The Morgan fingerprint density at radius 1 is 1.16 bits per heavy atom. The van der Waals surface area contributed by atoms with E-state index in [0.717, 1.165) is 38.6 Å². The van der Waals surface area contributed by atoms with Crippen molar-refractivity contribution in [1.82, 2.24) is 20.4 Å². The van der Waals surface area contributed by atoms with Crippen LogP contribution in [0.15, 0.2) is 35.3 Å². The summed E-state index contributed by atoms with van der Waals surface area (Å²) in [7, 11) is 1.82. The van der Waals surface area contributed by atoms with Gasteiger partial charge >= 0.3 is 0 Å². The molecule has 6 nitrogen and oxygen atoms in total. The van der Waals surface area contributed by atoms with E-state index in [2.05, 4.69) is 58.6 Å². The van der Waals surface area contributed by atoms with Crippen molar-refractivity contribution in [3.63, 3.8) is 0 Å². The Hall–Kier alpha value is -1.35. The first-order chi connectivity index (χ1) is 14.6. The highest BCUT2D eigenvalue weighted by atomic mass is 127. The van der Waals surface area contributed by atoms with Crippen LogP contribution in [0.1, 0.15) is 38.7 Å². The molecule has 2 saturated heterocycles. The van der Waals surface area contributed by atoms with Gasteiger partial charge in [-0.2, -0.15) is 0 Å². The van der Waals surface area contributed by atoms with E-state index in [1.54, 1.807) is 0 Å². The molecule has 2 N–H and O–H groups in total. The Labute approximate surface area is 205 Å². The number of carbonyl (C=O) groups excluding carboxylic acids is 1. The monoisotopic (exact) mass is 541 g/mol. The third kappa shape index (κ3) is 7.93. The van der Waals surface area contributed by atoms with Crippen molar-refractivity contribution in [3.8, 4) is 0 Å². The lowest BCUT2D eigenvalue weighted by Crippen LogP contribution is -2.49. The fourth-order valence-electron chi connectivity index (χ4n) is 4.64. The molecule has 2 atom stereocenters. The molecule has 0 aliphatic carbocycles. The number of aliphatic imine (C=N–C) groups is 1. The molecule has 3 rings (SSSR count). The number of halogens is 1. The van der Waals surface area contributed by atoms with E-state index >= 15 is 0 Å². The largest absolute Gasteiger partial charge is 0.356 e. The molecule has 1 amide bonds. The molecule has 0 aromatic heterocycles. The van der Waals surface area contributed by atoms with Gasteiger partial charge in [0.25, 0.3) is 0 Å². The number of hydrogen-bond donors (Lipinski definition) is 2. The minimum Gasteiger partial charge on any atom is -0.356 e. The van der Waals surface area contributed by atoms with E-state index in [4.69, 9.17) is 0 Å². The first-order valence-corrected chi connectivity index (χ1v) is 11.6. The van der Waals surface area contributed by atoms with Gasteiger partial charge in [-0.25, -0.2) is 0 Å². The van der Waals surface area contributed by atoms with Gasteiger partial charge in [0.2, 0.25) is 5.91 Å². The summed E-state index contributed by atoms with van der Waals surface area (Å²) in [5, 5.41) is 6.97. The van der Waals surface area contributed by atoms with Crippen molar-refractivity contribution in [3.05, 3.63) is 35.9 Å². The number of likely N-dealkylation sites (tertiary alicyclic amines) is 2. The Balaban J connectivity index is 0.00000341. The highest BCUT2D eigenvalue weighted by Crippen LogP contribution is 2.18. The second-order valence-electron chi connectivity index (χ2n) is 9.03. The highest BCUT2D eigenvalue weighted by Gasteiger charge is 2.29. The lowest BCUT2D eigenvalue weighted by Gasteiger charge is -2.31. The highest BCUT2D eigenvalue weighted by molar-refractivity contribution is 14.0. The van der Waals surface area contributed by atoms with Crippen LogP contribution in [0.2, 0.25) is 0 Å². The minimum absolute atomic E-state index is 0. The molecule has 174 valence electrons. The molecule has 2 unspecified atom stereocenters. The maximum atomic E-state index is 12.4. The third-order valence-corrected chi connectivity index (χ3v) is 6.45. The van der Waals surface area contributed by atoms with Gasteiger partial charge in [-0.15, -0.1) is 24.0 Å². The summed E-state index contributed by atoms with van der Waals surface area (Å²) in [5.74, 6) is 2.07. The number of benzene rings is 1. The molecule has 0 radical (unpaired) electrons. The average Bonchev–Trinajstić information content (AvgIpc) is 3.39. The molecule has 1 aromatic carbocycles. The van der Waals surface area contributed by atoms with Gasteiger partial charge in [0.15, 0.2) is 5.96 Å². The smallest absolute Gasteiger partial charge is 0.223 e. The minimum atomic E-state index is 0. The van der Waals surface area contributed by atoms with Gasteiger partial charge in [0.05, 0.1) is 0 Å². The lowest BCUT2D eigenvalue weighted by molar-refractivity contribution is -0.127. The number of rotatable bonds is 9. The summed E-state index contributed by atoms with van der Waals surface area (Å²) in [6.07, 6.45) is 4.17. The molecule has 0 saturated carbocycles. The summed E-state index contributed by atoms with van der Waals surface area (Å²) in [6.45, 7) is 10.3. The van der Waals surface area contributed by atoms with Crippen molar-refractivity contribution in [1.29, 1.82) is 0 Å². The molecule has 2 aliphatic rings. The van der Waals surface area contributed by atoms with Crippen molar-refractivity contribution in [2.75, 3.05) is 46.3 Å². The second kappa shape index (κ2) is 13.3. The Kier molecular flexibility index (Phi) is 11.1. The third-order valence-electron chi connectivity index (χ3n) is 6.45. The SMILES string of the molecule is CN=C(NCC1CC(=O)N(CCc2ccccc2)C1)NCC(C(C)C)N1CCCC1.I. The molecule has 31 heavy (non-hydrogen) atoms. The van der Waals surface area contributed by atoms with E-state index in [1.807, 2.05) is 18.0 Å². The predicted molar refractivity (Wildman–Crippen MR) is 139 cm³/mol. The van der Waals surface area contributed by atoms with Crippen molar-refractivity contribution < 1.29 is 4.79 Å². The van der Waals surface area contributed by atoms with E-state index in [-0.39, 0.29) is 29.9 Å². The summed E-state index contributed by atoms with van der Waals surface area (Å²) in [5.41, 5.74) is 1.29. The van der Waals surface area contributed by atoms with Gasteiger partial charge in [-0.1, -0.05) is 44.2 Å². The molecule has 2 heterocycles. The van der Waals surface area contributed by atoms with E-state index in [0.29, 0.717) is 24.3 Å². The Morgan fingerprint density at radius 2 is 1.87 bits per heavy atom. The summed E-state index contributed by atoms with van der Waals surface area (Å²) < 4.78 is 0. The van der Waals surface area contributed by atoms with Crippen LogP contribution < -0.4 is 10.6 Å². The fourth-order valence-corrected chi connectivity index (χ4v) is 4.64. The van der Waals surface area contributed by atoms with Crippen LogP contribution in [0.4, 0.5) is 0 Å². The van der Waals surface area contributed by atoms with Crippen molar-refractivity contribution in [2.45, 2.75) is 45.6 Å². The number of guanidine groups is 1. The topological polar surface area (TPSA) is 60.0 Å². The second-order valence-corrected chi connectivity index (χ2v) is 9.03. The predicted octanol–water partition coefficient (Wildman–Crippen LogP) is 2.98. The van der Waals surface area contributed by atoms with Crippen LogP contribution in [-0.2, 0) is 11.2 Å². The number of carbonyl (C=O) groups is 1.